The van der Waals surface area contributed by atoms with Crippen LogP contribution in [0.25, 0.3) is 11.4 Å². The van der Waals surface area contributed by atoms with Crippen LogP contribution in [-0.4, -0.2) is 9.55 Å². The molecule has 3 aromatic rings. The maximum atomic E-state index is 4.72. The summed E-state index contributed by atoms with van der Waals surface area (Å²) < 4.78 is 3.57. The molecule has 1 fully saturated rings. The van der Waals surface area contributed by atoms with Crippen molar-refractivity contribution in [3.05, 3.63) is 76.5 Å². The molecular weight excluding hydrogens is 384 g/mol. The summed E-state index contributed by atoms with van der Waals surface area (Å²) in [5, 5.41) is 0. The average molecular weight is 407 g/mol. The predicted octanol–water partition coefficient (Wildman–Crippen LogP) is 6.39. The van der Waals surface area contributed by atoms with Gasteiger partial charge in [-0.05, 0) is 35.6 Å². The monoisotopic (exact) mass is 406 g/mol. The fraction of sp³-hybridized carbons (Fsp3) is 0.348. The largest absolute Gasteiger partial charge is 0.317 e. The third kappa shape index (κ3) is 2.40. The van der Waals surface area contributed by atoms with E-state index in [4.69, 9.17) is 4.98 Å². The minimum Gasteiger partial charge on any atom is -0.317 e. The zero-order valence-electron chi connectivity index (χ0n) is 14.9. The number of hydrogen-bond donors (Lipinski definition) is 0. The van der Waals surface area contributed by atoms with Crippen LogP contribution in [0.2, 0.25) is 0 Å². The number of halogens is 1. The first-order valence-electron chi connectivity index (χ1n) is 9.69. The van der Waals surface area contributed by atoms with Gasteiger partial charge in [-0.3, -0.25) is 0 Å². The molecule has 132 valence electrons. The van der Waals surface area contributed by atoms with Gasteiger partial charge < -0.3 is 4.57 Å². The van der Waals surface area contributed by atoms with E-state index in [0.717, 1.165) is 22.6 Å². The molecule has 2 heterocycles. The number of rotatable bonds is 3. The fourth-order valence-corrected chi connectivity index (χ4v) is 5.40. The Balaban J connectivity index is 1.73. The van der Waals surface area contributed by atoms with Crippen LogP contribution in [0.4, 0.5) is 0 Å². The summed E-state index contributed by atoms with van der Waals surface area (Å²) in [6.07, 6.45) is 12.2. The van der Waals surface area contributed by atoms with Crippen LogP contribution in [-0.2, 0) is 5.54 Å². The second-order valence-corrected chi connectivity index (χ2v) is 8.66. The molecule has 0 N–H and O–H groups in total. The number of aromatic nitrogens is 2. The lowest BCUT2D eigenvalue weighted by Crippen LogP contribution is -2.36. The van der Waals surface area contributed by atoms with Crippen LogP contribution in [0.3, 0.4) is 0 Å². The van der Waals surface area contributed by atoms with E-state index >= 15 is 0 Å². The van der Waals surface area contributed by atoms with Crippen molar-refractivity contribution in [2.75, 3.05) is 0 Å². The third-order valence-corrected chi connectivity index (χ3v) is 6.82. The molecule has 2 aromatic carbocycles. The molecule has 0 amide bonds. The number of fused-ring (bicyclic) bond motifs is 3. The third-order valence-electron chi connectivity index (χ3n) is 6.30. The quantitative estimate of drug-likeness (QED) is 0.492. The van der Waals surface area contributed by atoms with E-state index in [0.29, 0.717) is 0 Å². The molecule has 0 radical (unpaired) electrons. The summed E-state index contributed by atoms with van der Waals surface area (Å²) in [6.45, 7) is 0. The van der Waals surface area contributed by atoms with Gasteiger partial charge >= 0.3 is 0 Å². The minimum atomic E-state index is -0.134. The first-order chi connectivity index (χ1) is 12.8. The molecular formula is C23H23BrN2. The van der Waals surface area contributed by atoms with Gasteiger partial charge in [0.2, 0.25) is 0 Å². The van der Waals surface area contributed by atoms with Crippen LogP contribution < -0.4 is 0 Å². The second-order valence-electron chi connectivity index (χ2n) is 7.74. The molecule has 0 bridgehead atoms. The van der Waals surface area contributed by atoms with Crippen molar-refractivity contribution in [3.8, 4) is 11.4 Å². The zero-order chi connectivity index (χ0) is 17.6. The van der Waals surface area contributed by atoms with E-state index in [1.807, 2.05) is 6.20 Å². The van der Waals surface area contributed by atoms with Gasteiger partial charge in [-0.15, -0.1) is 0 Å². The standard InChI is InChI=1S/C23H23BrN2/c24-19-12-10-18(11-13-19)23(16-17-6-2-1-3-7-17)21-9-5-4-8-20(21)22-25-14-15-26(22)23/h4-5,8-15,17H,1-3,6-7,16H2/t23-/m1/s1. The van der Waals surface area contributed by atoms with E-state index in [-0.39, 0.29) is 5.54 Å². The minimum absolute atomic E-state index is 0.134. The number of imidazole rings is 1. The van der Waals surface area contributed by atoms with Crippen molar-refractivity contribution in [1.82, 2.24) is 9.55 Å². The van der Waals surface area contributed by atoms with Gasteiger partial charge in [-0.1, -0.05) is 84.4 Å². The highest BCUT2D eigenvalue weighted by Crippen LogP contribution is 2.51. The summed E-state index contributed by atoms with van der Waals surface area (Å²) >= 11 is 3.61. The summed E-state index contributed by atoms with van der Waals surface area (Å²) in [5.41, 5.74) is 3.94. The van der Waals surface area contributed by atoms with E-state index < -0.39 is 0 Å². The van der Waals surface area contributed by atoms with Gasteiger partial charge in [0.25, 0.3) is 0 Å². The van der Waals surface area contributed by atoms with Crippen molar-refractivity contribution < 1.29 is 0 Å². The number of benzene rings is 2. The maximum Gasteiger partial charge on any atom is 0.141 e. The second kappa shape index (κ2) is 6.38. The Morgan fingerprint density at radius 1 is 1.00 bits per heavy atom. The Labute approximate surface area is 163 Å². The highest BCUT2D eigenvalue weighted by atomic mass is 79.9. The van der Waals surface area contributed by atoms with Gasteiger partial charge in [0.05, 0.1) is 5.54 Å². The molecule has 2 nitrogen and oxygen atoms in total. The Morgan fingerprint density at radius 2 is 1.77 bits per heavy atom. The zero-order valence-corrected chi connectivity index (χ0v) is 16.5. The highest BCUT2D eigenvalue weighted by Gasteiger charge is 2.46. The molecule has 1 atom stereocenters. The fourth-order valence-electron chi connectivity index (χ4n) is 5.13. The van der Waals surface area contributed by atoms with Gasteiger partial charge in [0, 0.05) is 22.4 Å². The molecule has 2 aliphatic rings. The molecule has 0 unspecified atom stereocenters. The smallest absolute Gasteiger partial charge is 0.141 e. The molecule has 5 rings (SSSR count). The van der Waals surface area contributed by atoms with Gasteiger partial charge in [-0.2, -0.15) is 0 Å². The summed E-state index contributed by atoms with van der Waals surface area (Å²) in [5.74, 6) is 1.88. The van der Waals surface area contributed by atoms with Crippen molar-refractivity contribution in [2.45, 2.75) is 44.1 Å². The summed E-state index contributed by atoms with van der Waals surface area (Å²) in [7, 11) is 0. The molecule has 0 saturated heterocycles. The van der Waals surface area contributed by atoms with Crippen LogP contribution in [0, 0.1) is 5.92 Å². The van der Waals surface area contributed by atoms with Crippen LogP contribution >= 0.6 is 15.9 Å². The molecule has 3 heteroatoms. The SMILES string of the molecule is Brc1ccc([C@]2(CC3CCCCC3)c3ccccc3-c3nccn32)cc1. The van der Waals surface area contributed by atoms with Crippen LogP contribution in [0.1, 0.15) is 49.7 Å². The molecule has 26 heavy (non-hydrogen) atoms. The molecule has 0 spiro atoms. The molecule has 1 aromatic heterocycles. The lowest BCUT2D eigenvalue weighted by molar-refractivity contribution is 0.264. The van der Waals surface area contributed by atoms with Crippen molar-refractivity contribution in [3.63, 3.8) is 0 Å². The molecule has 1 aliphatic heterocycles. The number of hydrogen-bond acceptors (Lipinski definition) is 1. The van der Waals surface area contributed by atoms with Crippen LogP contribution in [0.5, 0.6) is 0 Å². The maximum absolute atomic E-state index is 4.72. The molecule has 1 saturated carbocycles. The Hall–Kier alpha value is -1.87. The molecule has 1 aliphatic carbocycles. The Bertz CT molecular complexity index is 921. The van der Waals surface area contributed by atoms with Crippen molar-refractivity contribution in [2.24, 2.45) is 5.92 Å². The highest BCUT2D eigenvalue weighted by molar-refractivity contribution is 9.10. The lowest BCUT2D eigenvalue weighted by atomic mass is 9.73. The van der Waals surface area contributed by atoms with Crippen molar-refractivity contribution in [1.29, 1.82) is 0 Å². The Kier molecular flexibility index (Phi) is 4.00. The lowest BCUT2D eigenvalue weighted by Gasteiger charge is -2.38. The first-order valence-corrected chi connectivity index (χ1v) is 10.5. The van der Waals surface area contributed by atoms with Gasteiger partial charge in [-0.25, -0.2) is 4.98 Å². The summed E-state index contributed by atoms with van der Waals surface area (Å²) in [6, 6.07) is 17.8. The predicted molar refractivity (Wildman–Crippen MR) is 109 cm³/mol. The van der Waals surface area contributed by atoms with Gasteiger partial charge in [0.1, 0.15) is 5.82 Å². The number of nitrogens with zero attached hydrogens (tertiary/aromatic N) is 2. The van der Waals surface area contributed by atoms with Gasteiger partial charge in [0.15, 0.2) is 0 Å². The van der Waals surface area contributed by atoms with E-state index in [9.17, 15) is 0 Å². The van der Waals surface area contributed by atoms with E-state index in [1.54, 1.807) is 0 Å². The average Bonchev–Trinajstić information content (AvgIpc) is 3.26. The van der Waals surface area contributed by atoms with E-state index in [1.165, 1.54) is 48.8 Å². The summed E-state index contributed by atoms with van der Waals surface area (Å²) in [4.78, 5) is 4.72. The van der Waals surface area contributed by atoms with Crippen molar-refractivity contribution >= 4 is 15.9 Å². The van der Waals surface area contributed by atoms with E-state index in [2.05, 4.69) is 75.2 Å². The normalized spacial score (nSPS) is 22.2. The Morgan fingerprint density at radius 3 is 2.58 bits per heavy atom. The first kappa shape index (κ1) is 16.3. The topological polar surface area (TPSA) is 17.8 Å². The van der Waals surface area contributed by atoms with Crippen LogP contribution in [0.15, 0.2) is 65.4 Å².